The van der Waals surface area contributed by atoms with E-state index in [1.54, 1.807) is 6.33 Å². The van der Waals surface area contributed by atoms with Gasteiger partial charge in [-0.1, -0.05) is 55.6 Å². The Hall–Kier alpha value is -0.390. The highest BCUT2D eigenvalue weighted by Crippen LogP contribution is 2.33. The minimum Gasteiger partial charge on any atom is -0.250 e. The molecule has 0 aliphatic carbocycles. The zero-order valence-electron chi connectivity index (χ0n) is 11.2. The molecule has 2 aromatic rings. The van der Waals surface area contributed by atoms with Crippen molar-refractivity contribution in [2.75, 3.05) is 10.7 Å². The van der Waals surface area contributed by atoms with Gasteiger partial charge in [0.05, 0.1) is 0 Å². The van der Waals surface area contributed by atoms with Crippen LogP contribution in [0.2, 0.25) is 5.02 Å². The van der Waals surface area contributed by atoms with Gasteiger partial charge in [0.25, 0.3) is 0 Å². The average molecular weight is 422 g/mol. The van der Waals surface area contributed by atoms with Gasteiger partial charge in [0.2, 0.25) is 0 Å². The number of nitrogens with zero attached hydrogens (tertiary/aromatic N) is 3. The molecule has 1 aromatic carbocycles. The van der Waals surface area contributed by atoms with E-state index in [1.807, 2.05) is 22.9 Å². The van der Waals surface area contributed by atoms with Gasteiger partial charge in [0, 0.05) is 34.1 Å². The Morgan fingerprint density at radius 3 is 2.65 bits per heavy atom. The van der Waals surface area contributed by atoms with Crippen molar-refractivity contribution in [2.45, 2.75) is 25.3 Å². The maximum absolute atomic E-state index is 6.14. The van der Waals surface area contributed by atoms with Crippen LogP contribution >= 0.6 is 43.5 Å². The summed E-state index contributed by atoms with van der Waals surface area (Å²) < 4.78 is 1.94. The quantitative estimate of drug-likeness (QED) is 0.654. The molecule has 6 heteroatoms. The van der Waals surface area contributed by atoms with Crippen molar-refractivity contribution in [1.29, 1.82) is 0 Å². The fourth-order valence-electron chi connectivity index (χ4n) is 2.20. The first-order chi connectivity index (χ1) is 9.65. The van der Waals surface area contributed by atoms with Crippen LogP contribution in [-0.4, -0.2) is 25.4 Å². The Morgan fingerprint density at radius 1 is 1.30 bits per heavy atom. The minimum absolute atomic E-state index is 0.0924. The minimum atomic E-state index is -0.0924. The van der Waals surface area contributed by atoms with Crippen molar-refractivity contribution in [3.8, 4) is 0 Å². The van der Waals surface area contributed by atoms with E-state index in [4.69, 9.17) is 11.6 Å². The molecule has 0 unspecified atom stereocenters. The number of hydrogen-bond donors (Lipinski definition) is 0. The summed E-state index contributed by atoms with van der Waals surface area (Å²) in [6.45, 7) is 2.90. The highest BCUT2D eigenvalue weighted by molar-refractivity contribution is 9.09. The van der Waals surface area contributed by atoms with Crippen LogP contribution in [0.4, 0.5) is 0 Å². The predicted molar refractivity (Wildman–Crippen MR) is 90.1 cm³/mol. The zero-order valence-corrected chi connectivity index (χ0v) is 15.1. The number of aryl methyl sites for hydroxylation is 1. The van der Waals surface area contributed by atoms with E-state index in [0.717, 1.165) is 34.5 Å². The zero-order chi connectivity index (χ0) is 14.6. The topological polar surface area (TPSA) is 30.7 Å². The number of benzene rings is 1. The van der Waals surface area contributed by atoms with Crippen molar-refractivity contribution < 1.29 is 0 Å². The molecule has 0 N–H and O–H groups in total. The standard InChI is InChI=1S/C14H16Br2ClN3/c1-2-20-13(18-10-19-20)7-14(8-15,9-16)11-4-3-5-12(17)6-11/h3-6,10H,2,7-9H2,1H3. The monoisotopic (exact) mass is 419 g/mol. The predicted octanol–water partition coefficient (Wildman–Crippen LogP) is 4.22. The summed E-state index contributed by atoms with van der Waals surface area (Å²) in [6, 6.07) is 8.02. The smallest absolute Gasteiger partial charge is 0.138 e. The molecule has 3 nitrogen and oxygen atoms in total. The number of alkyl halides is 2. The van der Waals surface area contributed by atoms with Gasteiger partial charge in [-0.05, 0) is 24.6 Å². The van der Waals surface area contributed by atoms with Crippen LogP contribution in [-0.2, 0) is 18.4 Å². The summed E-state index contributed by atoms with van der Waals surface area (Å²) in [5.74, 6) is 0.992. The van der Waals surface area contributed by atoms with Crippen LogP contribution in [0.15, 0.2) is 30.6 Å². The first kappa shape index (κ1) is 16.0. The molecule has 0 amide bonds. The van der Waals surface area contributed by atoms with E-state index < -0.39 is 0 Å². The van der Waals surface area contributed by atoms with E-state index in [2.05, 4.69) is 54.9 Å². The van der Waals surface area contributed by atoms with Gasteiger partial charge >= 0.3 is 0 Å². The molecule has 0 aliphatic heterocycles. The second-order valence-corrected chi connectivity index (χ2v) is 6.28. The van der Waals surface area contributed by atoms with Gasteiger partial charge < -0.3 is 0 Å². The van der Waals surface area contributed by atoms with E-state index in [-0.39, 0.29) is 5.41 Å². The van der Waals surface area contributed by atoms with E-state index in [0.29, 0.717) is 0 Å². The number of halogens is 3. The SMILES string of the molecule is CCn1ncnc1CC(CBr)(CBr)c1cccc(Cl)c1. The van der Waals surface area contributed by atoms with Crippen molar-refractivity contribution in [3.63, 3.8) is 0 Å². The Labute approximate surface area is 141 Å². The summed E-state index contributed by atoms with van der Waals surface area (Å²) in [6.07, 6.45) is 2.42. The lowest BCUT2D eigenvalue weighted by Gasteiger charge is -2.30. The van der Waals surface area contributed by atoms with Crippen molar-refractivity contribution >= 4 is 43.5 Å². The molecule has 0 fully saturated rings. The summed E-state index contributed by atoms with van der Waals surface area (Å²) in [5, 5.41) is 6.65. The van der Waals surface area contributed by atoms with E-state index in [1.165, 1.54) is 5.56 Å². The summed E-state index contributed by atoms with van der Waals surface area (Å²) in [5.41, 5.74) is 1.11. The molecule has 0 aliphatic rings. The largest absolute Gasteiger partial charge is 0.250 e. The molecular formula is C14H16Br2ClN3. The lowest BCUT2D eigenvalue weighted by molar-refractivity contribution is 0.500. The van der Waals surface area contributed by atoms with Gasteiger partial charge in [-0.15, -0.1) is 0 Å². The Bertz CT molecular complexity index is 567. The lowest BCUT2D eigenvalue weighted by Crippen LogP contribution is -2.34. The number of rotatable bonds is 6. The van der Waals surface area contributed by atoms with Crippen LogP contribution in [0.5, 0.6) is 0 Å². The maximum Gasteiger partial charge on any atom is 0.138 e. The van der Waals surface area contributed by atoms with Crippen LogP contribution in [0.1, 0.15) is 18.3 Å². The Kier molecular flexibility index (Phi) is 5.64. The van der Waals surface area contributed by atoms with Crippen LogP contribution in [0.3, 0.4) is 0 Å². The normalized spacial score (nSPS) is 11.8. The second kappa shape index (κ2) is 7.05. The van der Waals surface area contributed by atoms with Gasteiger partial charge in [0.15, 0.2) is 0 Å². The lowest BCUT2D eigenvalue weighted by atomic mass is 9.81. The number of aromatic nitrogens is 3. The molecule has 1 heterocycles. The fraction of sp³-hybridized carbons (Fsp3) is 0.429. The maximum atomic E-state index is 6.14. The molecule has 2 rings (SSSR count). The highest BCUT2D eigenvalue weighted by atomic mass is 79.9. The summed E-state index contributed by atoms with van der Waals surface area (Å²) in [4.78, 5) is 4.39. The third kappa shape index (κ3) is 3.26. The molecule has 1 aromatic heterocycles. The fourth-order valence-corrected chi connectivity index (χ4v) is 4.36. The van der Waals surface area contributed by atoms with Crippen LogP contribution in [0, 0.1) is 0 Å². The first-order valence-corrected chi connectivity index (χ1v) is 9.02. The average Bonchev–Trinajstić information content (AvgIpc) is 2.92. The molecule has 0 bridgehead atoms. The Morgan fingerprint density at radius 2 is 2.05 bits per heavy atom. The van der Waals surface area contributed by atoms with Gasteiger partial charge in [-0.2, -0.15) is 5.10 Å². The molecular weight excluding hydrogens is 405 g/mol. The molecule has 0 atom stereocenters. The van der Waals surface area contributed by atoms with Crippen molar-refractivity contribution in [2.24, 2.45) is 0 Å². The molecule has 108 valence electrons. The van der Waals surface area contributed by atoms with Gasteiger partial charge in [-0.25, -0.2) is 4.98 Å². The van der Waals surface area contributed by atoms with Gasteiger partial charge in [0.1, 0.15) is 12.2 Å². The molecule has 0 saturated carbocycles. The van der Waals surface area contributed by atoms with Crippen molar-refractivity contribution in [1.82, 2.24) is 14.8 Å². The second-order valence-electron chi connectivity index (χ2n) is 4.73. The number of hydrogen-bond acceptors (Lipinski definition) is 2. The van der Waals surface area contributed by atoms with E-state index in [9.17, 15) is 0 Å². The molecule has 0 radical (unpaired) electrons. The first-order valence-electron chi connectivity index (χ1n) is 6.40. The van der Waals surface area contributed by atoms with E-state index >= 15 is 0 Å². The Balaban J connectivity index is 2.39. The highest BCUT2D eigenvalue weighted by Gasteiger charge is 2.32. The summed E-state index contributed by atoms with van der Waals surface area (Å²) >= 11 is 13.5. The summed E-state index contributed by atoms with van der Waals surface area (Å²) in [7, 11) is 0. The third-order valence-electron chi connectivity index (χ3n) is 3.44. The molecule has 20 heavy (non-hydrogen) atoms. The van der Waals surface area contributed by atoms with Crippen LogP contribution in [0.25, 0.3) is 0 Å². The molecule has 0 spiro atoms. The van der Waals surface area contributed by atoms with Crippen LogP contribution < -0.4 is 0 Å². The third-order valence-corrected chi connectivity index (χ3v) is 5.82. The molecule has 0 saturated heterocycles. The van der Waals surface area contributed by atoms with Gasteiger partial charge in [-0.3, -0.25) is 4.68 Å². The van der Waals surface area contributed by atoms with Crippen molar-refractivity contribution in [3.05, 3.63) is 47.0 Å².